The Morgan fingerprint density at radius 1 is 1.59 bits per heavy atom. The molecule has 1 aliphatic heterocycles. The Morgan fingerprint density at radius 2 is 2.41 bits per heavy atom. The third-order valence-electron chi connectivity index (χ3n) is 2.91. The first kappa shape index (κ1) is 12.5. The highest BCUT2D eigenvalue weighted by Crippen LogP contribution is 2.26. The molecule has 5 heteroatoms. The van der Waals surface area contributed by atoms with Crippen molar-refractivity contribution in [2.45, 2.75) is 6.10 Å². The number of benzene rings is 1. The molecule has 0 radical (unpaired) electrons. The minimum atomic E-state index is 0.201. The van der Waals surface area contributed by atoms with E-state index in [4.69, 9.17) is 22.1 Å². The van der Waals surface area contributed by atoms with Crippen LogP contribution in [0.5, 0.6) is 0 Å². The summed E-state index contributed by atoms with van der Waals surface area (Å²) >= 11 is 5.95. The smallest absolute Gasteiger partial charge is 0.0874 e. The average molecular weight is 256 g/mol. The minimum absolute atomic E-state index is 0.201. The van der Waals surface area contributed by atoms with Gasteiger partial charge in [0.2, 0.25) is 0 Å². The summed E-state index contributed by atoms with van der Waals surface area (Å²) in [7, 11) is 2.10. The second-order valence-corrected chi connectivity index (χ2v) is 4.74. The van der Waals surface area contributed by atoms with Gasteiger partial charge in [-0.05, 0) is 19.2 Å². The molecule has 1 atom stereocenters. The number of likely N-dealkylation sites (N-methyl/N-ethyl adjacent to an activating group) is 1. The van der Waals surface area contributed by atoms with Crippen molar-refractivity contribution in [3.63, 3.8) is 0 Å². The molecule has 0 amide bonds. The van der Waals surface area contributed by atoms with Crippen molar-refractivity contribution in [3.8, 4) is 0 Å². The quantitative estimate of drug-likeness (QED) is 0.807. The lowest BCUT2D eigenvalue weighted by Gasteiger charge is -2.30. The van der Waals surface area contributed by atoms with E-state index in [1.54, 1.807) is 6.07 Å². The van der Waals surface area contributed by atoms with E-state index in [0.29, 0.717) is 10.7 Å². The zero-order valence-corrected chi connectivity index (χ0v) is 10.7. The molecule has 0 aromatic heterocycles. The molecule has 0 saturated carbocycles. The molecule has 1 saturated heterocycles. The third-order valence-corrected chi connectivity index (χ3v) is 3.24. The molecule has 94 valence electrons. The number of nitrogens with two attached hydrogens (primary N) is 1. The Morgan fingerprint density at radius 3 is 3.18 bits per heavy atom. The molecular weight excluding hydrogens is 238 g/mol. The molecular formula is C12H18ClN3O. The van der Waals surface area contributed by atoms with Gasteiger partial charge in [0.25, 0.3) is 0 Å². The number of hydrogen-bond donors (Lipinski definition) is 2. The summed E-state index contributed by atoms with van der Waals surface area (Å²) in [5.41, 5.74) is 7.35. The predicted octanol–water partition coefficient (Wildman–Crippen LogP) is 1.66. The van der Waals surface area contributed by atoms with Crippen LogP contribution in [0.4, 0.5) is 11.4 Å². The second-order valence-electron chi connectivity index (χ2n) is 4.34. The van der Waals surface area contributed by atoms with Crippen LogP contribution < -0.4 is 11.1 Å². The SMILES string of the molecule is CN1CCOC(CNc2cccc(Cl)c2N)C1. The largest absolute Gasteiger partial charge is 0.396 e. The number of nitrogens with zero attached hydrogens (tertiary/aromatic N) is 1. The maximum absolute atomic E-state index is 5.95. The Bertz CT molecular complexity index is 386. The minimum Gasteiger partial charge on any atom is -0.396 e. The maximum Gasteiger partial charge on any atom is 0.0874 e. The van der Waals surface area contributed by atoms with Crippen molar-refractivity contribution in [1.29, 1.82) is 0 Å². The fourth-order valence-corrected chi connectivity index (χ4v) is 2.08. The van der Waals surface area contributed by atoms with E-state index in [9.17, 15) is 0 Å². The first-order valence-corrected chi connectivity index (χ1v) is 6.12. The summed E-state index contributed by atoms with van der Waals surface area (Å²) in [6, 6.07) is 5.59. The van der Waals surface area contributed by atoms with E-state index in [1.807, 2.05) is 12.1 Å². The van der Waals surface area contributed by atoms with Crippen molar-refractivity contribution in [2.75, 3.05) is 44.3 Å². The normalized spacial score (nSPS) is 21.4. The number of nitrogens with one attached hydrogen (secondary N) is 1. The van der Waals surface area contributed by atoms with Crippen molar-refractivity contribution < 1.29 is 4.74 Å². The lowest BCUT2D eigenvalue weighted by Crippen LogP contribution is -2.43. The van der Waals surface area contributed by atoms with Gasteiger partial charge in [-0.3, -0.25) is 0 Å². The average Bonchev–Trinajstić information content (AvgIpc) is 2.31. The van der Waals surface area contributed by atoms with Gasteiger partial charge in [-0.15, -0.1) is 0 Å². The second kappa shape index (κ2) is 5.58. The first-order valence-electron chi connectivity index (χ1n) is 5.75. The zero-order chi connectivity index (χ0) is 12.3. The maximum atomic E-state index is 5.95. The van der Waals surface area contributed by atoms with Gasteiger partial charge in [0.05, 0.1) is 29.1 Å². The van der Waals surface area contributed by atoms with Crippen molar-refractivity contribution in [2.24, 2.45) is 0 Å². The van der Waals surface area contributed by atoms with E-state index >= 15 is 0 Å². The van der Waals surface area contributed by atoms with Crippen LogP contribution in [0.3, 0.4) is 0 Å². The number of anilines is 2. The van der Waals surface area contributed by atoms with Crippen LogP contribution in [-0.2, 0) is 4.74 Å². The highest BCUT2D eigenvalue weighted by atomic mass is 35.5. The van der Waals surface area contributed by atoms with E-state index in [0.717, 1.165) is 31.9 Å². The predicted molar refractivity (Wildman–Crippen MR) is 71.6 cm³/mol. The molecule has 0 bridgehead atoms. The molecule has 2 rings (SSSR count). The lowest BCUT2D eigenvalue weighted by atomic mass is 10.2. The molecule has 1 aliphatic rings. The monoisotopic (exact) mass is 255 g/mol. The van der Waals surface area contributed by atoms with E-state index in [1.165, 1.54) is 0 Å². The molecule has 1 heterocycles. The van der Waals surface area contributed by atoms with Crippen LogP contribution in [0.1, 0.15) is 0 Å². The number of halogens is 1. The van der Waals surface area contributed by atoms with Crippen LogP contribution in [0.2, 0.25) is 5.02 Å². The molecule has 0 aliphatic carbocycles. The number of hydrogen-bond acceptors (Lipinski definition) is 4. The summed E-state index contributed by atoms with van der Waals surface area (Å²) in [5, 5.41) is 3.86. The van der Waals surface area contributed by atoms with Gasteiger partial charge >= 0.3 is 0 Å². The number of nitrogen functional groups attached to an aromatic ring is 1. The van der Waals surface area contributed by atoms with Gasteiger partial charge in [0.15, 0.2) is 0 Å². The number of ether oxygens (including phenoxy) is 1. The molecule has 4 nitrogen and oxygen atoms in total. The summed E-state index contributed by atoms with van der Waals surface area (Å²) in [6.45, 7) is 3.46. The van der Waals surface area contributed by atoms with Gasteiger partial charge in [0, 0.05) is 19.6 Å². The molecule has 1 aromatic carbocycles. The number of morpholine rings is 1. The van der Waals surface area contributed by atoms with Gasteiger partial charge < -0.3 is 20.7 Å². The topological polar surface area (TPSA) is 50.5 Å². The summed E-state index contributed by atoms with van der Waals surface area (Å²) in [6.07, 6.45) is 0.201. The fourth-order valence-electron chi connectivity index (χ4n) is 1.91. The third kappa shape index (κ3) is 3.25. The van der Waals surface area contributed by atoms with Crippen molar-refractivity contribution >= 4 is 23.0 Å². The van der Waals surface area contributed by atoms with E-state index in [-0.39, 0.29) is 6.10 Å². The van der Waals surface area contributed by atoms with Crippen LogP contribution in [0.25, 0.3) is 0 Å². The van der Waals surface area contributed by atoms with E-state index < -0.39 is 0 Å². The zero-order valence-electron chi connectivity index (χ0n) is 9.95. The lowest BCUT2D eigenvalue weighted by molar-refractivity contribution is -0.0117. The Balaban J connectivity index is 1.91. The Hall–Kier alpha value is -0.970. The van der Waals surface area contributed by atoms with E-state index in [2.05, 4.69) is 17.3 Å². The Labute approximate surface area is 107 Å². The molecule has 0 spiro atoms. The Kier molecular flexibility index (Phi) is 4.10. The van der Waals surface area contributed by atoms with Crippen molar-refractivity contribution in [1.82, 2.24) is 4.90 Å². The van der Waals surface area contributed by atoms with Crippen LogP contribution in [0.15, 0.2) is 18.2 Å². The van der Waals surface area contributed by atoms with Crippen molar-refractivity contribution in [3.05, 3.63) is 23.2 Å². The standard InChI is InChI=1S/C12H18ClN3O/c1-16-5-6-17-9(8-16)7-15-11-4-2-3-10(13)12(11)14/h2-4,9,15H,5-8,14H2,1H3. The molecule has 3 N–H and O–H groups in total. The fraction of sp³-hybridized carbons (Fsp3) is 0.500. The first-order chi connectivity index (χ1) is 8.16. The van der Waals surface area contributed by atoms with Gasteiger partial charge in [-0.25, -0.2) is 0 Å². The van der Waals surface area contributed by atoms with Gasteiger partial charge in [0.1, 0.15) is 0 Å². The highest BCUT2D eigenvalue weighted by Gasteiger charge is 2.17. The molecule has 17 heavy (non-hydrogen) atoms. The van der Waals surface area contributed by atoms with Crippen LogP contribution in [0, 0.1) is 0 Å². The van der Waals surface area contributed by atoms with Gasteiger partial charge in [-0.2, -0.15) is 0 Å². The highest BCUT2D eigenvalue weighted by molar-refractivity contribution is 6.33. The molecule has 1 fully saturated rings. The molecule has 1 unspecified atom stereocenters. The summed E-state index contributed by atoms with van der Waals surface area (Å²) < 4.78 is 5.66. The van der Waals surface area contributed by atoms with Crippen LogP contribution in [-0.4, -0.2) is 44.3 Å². The summed E-state index contributed by atoms with van der Waals surface area (Å²) in [5.74, 6) is 0. The summed E-state index contributed by atoms with van der Waals surface area (Å²) in [4.78, 5) is 2.26. The number of rotatable bonds is 3. The molecule has 1 aromatic rings. The van der Waals surface area contributed by atoms with Crippen LogP contribution >= 0.6 is 11.6 Å². The number of para-hydroxylation sites is 1. The van der Waals surface area contributed by atoms with Gasteiger partial charge in [-0.1, -0.05) is 17.7 Å².